The fourth-order valence-electron chi connectivity index (χ4n) is 3.57. The fraction of sp³-hybridized carbons (Fsp3) is 0.273. The molecule has 3 aromatic rings. The van der Waals surface area contributed by atoms with Gasteiger partial charge in [0, 0.05) is 22.3 Å². The van der Waals surface area contributed by atoms with Gasteiger partial charge in [0.2, 0.25) is 0 Å². The Morgan fingerprint density at radius 3 is 2.50 bits per heavy atom. The lowest BCUT2D eigenvalue weighted by atomic mass is 10.0. The van der Waals surface area contributed by atoms with Crippen LogP contribution in [0.2, 0.25) is 0 Å². The van der Waals surface area contributed by atoms with Crippen molar-refractivity contribution in [2.24, 2.45) is 0 Å². The largest absolute Gasteiger partial charge is 0.457 e. The van der Waals surface area contributed by atoms with E-state index in [0.29, 0.717) is 11.3 Å². The molecule has 0 saturated carbocycles. The summed E-state index contributed by atoms with van der Waals surface area (Å²) in [5.41, 5.74) is 11.3. The number of carbonyl (C=O) groups excluding carboxylic acids is 1. The fourth-order valence-corrected chi connectivity index (χ4v) is 3.57. The van der Waals surface area contributed by atoms with Crippen LogP contribution in [0.3, 0.4) is 0 Å². The van der Waals surface area contributed by atoms with Gasteiger partial charge in [0.25, 0.3) is 0 Å². The van der Waals surface area contributed by atoms with E-state index in [4.69, 9.17) is 15.5 Å². The van der Waals surface area contributed by atoms with E-state index in [2.05, 4.69) is 0 Å². The van der Waals surface area contributed by atoms with Crippen molar-refractivity contribution in [2.75, 3.05) is 5.73 Å². The molecule has 0 atom stereocenters. The van der Waals surface area contributed by atoms with Gasteiger partial charge >= 0.3 is 0 Å². The molecule has 26 heavy (non-hydrogen) atoms. The number of aryl methyl sites for hydroxylation is 1. The van der Waals surface area contributed by atoms with Gasteiger partial charge in [-0.25, -0.2) is 0 Å². The van der Waals surface area contributed by atoms with Crippen LogP contribution in [-0.4, -0.2) is 10.8 Å². The van der Waals surface area contributed by atoms with Crippen molar-refractivity contribution in [3.05, 3.63) is 59.3 Å². The normalized spacial score (nSPS) is 13.9. The summed E-state index contributed by atoms with van der Waals surface area (Å²) in [5.74, 6) is 1.45. The molecule has 2 aromatic carbocycles. The van der Waals surface area contributed by atoms with Gasteiger partial charge in [-0.3, -0.25) is 9.78 Å². The van der Waals surface area contributed by atoms with E-state index in [9.17, 15) is 4.79 Å². The maximum Gasteiger partial charge on any atom is 0.159 e. The third kappa shape index (κ3) is 3.15. The predicted molar refractivity (Wildman–Crippen MR) is 104 cm³/mol. The molecule has 0 aliphatic heterocycles. The molecule has 0 amide bonds. The average molecular weight is 346 g/mol. The van der Waals surface area contributed by atoms with Gasteiger partial charge in [-0.1, -0.05) is 6.42 Å². The third-order valence-corrected chi connectivity index (χ3v) is 5.02. The number of hydrogen-bond donors (Lipinski definition) is 1. The minimum absolute atomic E-state index is 0.0433. The highest BCUT2D eigenvalue weighted by Gasteiger charge is 2.16. The Hall–Kier alpha value is -2.88. The second-order valence-electron chi connectivity index (χ2n) is 6.87. The molecule has 0 saturated heterocycles. The molecule has 0 radical (unpaired) electrons. The van der Waals surface area contributed by atoms with Crippen LogP contribution in [0.15, 0.2) is 42.5 Å². The number of carbonyl (C=O) groups is 1. The number of hydrogen-bond acceptors (Lipinski definition) is 4. The first-order valence-corrected chi connectivity index (χ1v) is 9.11. The Morgan fingerprint density at radius 1 is 1.00 bits per heavy atom. The summed E-state index contributed by atoms with van der Waals surface area (Å²) < 4.78 is 5.95. The van der Waals surface area contributed by atoms with Crippen molar-refractivity contribution in [2.45, 2.75) is 39.0 Å². The molecule has 1 heterocycles. The van der Waals surface area contributed by atoms with E-state index in [-0.39, 0.29) is 5.78 Å². The van der Waals surface area contributed by atoms with Crippen LogP contribution in [0.1, 0.15) is 47.8 Å². The molecule has 0 bridgehead atoms. The molecular formula is C22H22N2O2. The van der Waals surface area contributed by atoms with E-state index in [1.165, 1.54) is 24.8 Å². The van der Waals surface area contributed by atoms with Gasteiger partial charge in [-0.15, -0.1) is 0 Å². The molecule has 4 heteroatoms. The van der Waals surface area contributed by atoms with Crippen LogP contribution >= 0.6 is 0 Å². The summed E-state index contributed by atoms with van der Waals surface area (Å²) in [5, 5.41) is 0.948. The summed E-state index contributed by atoms with van der Waals surface area (Å²) in [6, 6.07) is 13.0. The van der Waals surface area contributed by atoms with E-state index in [1.807, 2.05) is 18.2 Å². The van der Waals surface area contributed by atoms with Gasteiger partial charge in [0.15, 0.2) is 5.78 Å². The van der Waals surface area contributed by atoms with Crippen molar-refractivity contribution in [1.29, 1.82) is 0 Å². The van der Waals surface area contributed by atoms with Gasteiger partial charge in [0.1, 0.15) is 11.5 Å². The summed E-state index contributed by atoms with van der Waals surface area (Å²) in [4.78, 5) is 16.2. The number of rotatable bonds is 3. The van der Waals surface area contributed by atoms with Crippen molar-refractivity contribution < 1.29 is 9.53 Å². The minimum atomic E-state index is 0.0433. The van der Waals surface area contributed by atoms with E-state index >= 15 is 0 Å². The first-order valence-electron chi connectivity index (χ1n) is 9.11. The average Bonchev–Trinajstić information content (AvgIpc) is 2.88. The predicted octanol–water partition coefficient (Wildman–Crippen LogP) is 5.08. The zero-order chi connectivity index (χ0) is 18.1. The van der Waals surface area contributed by atoms with Crippen LogP contribution in [-0.2, 0) is 12.8 Å². The Labute approximate surface area is 153 Å². The lowest BCUT2D eigenvalue weighted by Gasteiger charge is -2.13. The van der Waals surface area contributed by atoms with Crippen LogP contribution < -0.4 is 10.5 Å². The topological polar surface area (TPSA) is 65.2 Å². The maximum atomic E-state index is 11.4. The van der Waals surface area contributed by atoms with Gasteiger partial charge in [-0.05, 0) is 80.6 Å². The molecular weight excluding hydrogens is 324 g/mol. The zero-order valence-electron chi connectivity index (χ0n) is 14.9. The quantitative estimate of drug-likeness (QED) is 0.530. The van der Waals surface area contributed by atoms with Crippen LogP contribution in [0.5, 0.6) is 11.5 Å². The van der Waals surface area contributed by atoms with Crippen molar-refractivity contribution in [1.82, 2.24) is 4.98 Å². The number of aromatic nitrogens is 1. The number of anilines is 1. The highest BCUT2D eigenvalue weighted by atomic mass is 16.5. The van der Waals surface area contributed by atoms with Crippen molar-refractivity contribution >= 4 is 22.4 Å². The molecule has 1 aliphatic rings. The molecule has 0 fully saturated rings. The lowest BCUT2D eigenvalue weighted by molar-refractivity contribution is 0.101. The molecule has 1 aromatic heterocycles. The standard InChI is InChI=1S/C22H22N2O2/c1-14(25)15-7-9-16(10-8-15)26-17-11-12-21-19(13-17)22(23)18-5-3-2-4-6-20(18)24-21/h7-13H,2-6H2,1H3,(H2,23,24). The third-order valence-electron chi connectivity index (χ3n) is 5.02. The van der Waals surface area contributed by atoms with E-state index in [0.717, 1.165) is 40.9 Å². The maximum absolute atomic E-state index is 11.4. The molecule has 0 unspecified atom stereocenters. The second-order valence-corrected chi connectivity index (χ2v) is 6.87. The molecule has 1 aliphatic carbocycles. The number of fused-ring (bicyclic) bond motifs is 2. The van der Waals surface area contributed by atoms with Crippen molar-refractivity contribution in [3.8, 4) is 11.5 Å². The second kappa shape index (κ2) is 6.79. The highest BCUT2D eigenvalue weighted by Crippen LogP contribution is 2.33. The number of pyridine rings is 1. The smallest absolute Gasteiger partial charge is 0.159 e. The minimum Gasteiger partial charge on any atom is -0.457 e. The van der Waals surface area contributed by atoms with Crippen molar-refractivity contribution in [3.63, 3.8) is 0 Å². The number of nitrogens with two attached hydrogens (primary N) is 1. The Morgan fingerprint density at radius 2 is 1.73 bits per heavy atom. The Balaban J connectivity index is 1.68. The molecule has 4 rings (SSSR count). The SMILES string of the molecule is CC(=O)c1ccc(Oc2ccc3nc4c(c(N)c3c2)CCCCC4)cc1. The Kier molecular flexibility index (Phi) is 4.33. The first kappa shape index (κ1) is 16.6. The van der Waals surface area contributed by atoms with Crippen LogP contribution in [0.4, 0.5) is 5.69 Å². The number of nitrogen functional groups attached to an aromatic ring is 1. The van der Waals surface area contributed by atoms with Gasteiger partial charge in [-0.2, -0.15) is 0 Å². The highest BCUT2D eigenvalue weighted by molar-refractivity contribution is 5.94. The summed E-state index contributed by atoms with van der Waals surface area (Å²) in [7, 11) is 0. The van der Waals surface area contributed by atoms with Crippen LogP contribution in [0, 0.1) is 0 Å². The summed E-state index contributed by atoms with van der Waals surface area (Å²) in [6.45, 7) is 1.55. The van der Waals surface area contributed by atoms with Crippen LogP contribution in [0.25, 0.3) is 10.9 Å². The number of Topliss-reactive ketones (excluding diaryl/α,β-unsaturated/α-hetero) is 1. The molecule has 0 spiro atoms. The monoisotopic (exact) mass is 346 g/mol. The summed E-state index contributed by atoms with van der Waals surface area (Å²) >= 11 is 0. The van der Waals surface area contributed by atoms with Gasteiger partial charge in [0.05, 0.1) is 5.52 Å². The van der Waals surface area contributed by atoms with Gasteiger partial charge < -0.3 is 10.5 Å². The van der Waals surface area contributed by atoms with E-state index in [1.54, 1.807) is 31.2 Å². The number of ether oxygens (including phenoxy) is 1. The summed E-state index contributed by atoms with van der Waals surface area (Å²) in [6.07, 6.45) is 5.60. The number of benzene rings is 2. The molecule has 2 N–H and O–H groups in total. The number of nitrogens with zero attached hydrogens (tertiary/aromatic N) is 1. The molecule has 4 nitrogen and oxygen atoms in total. The first-order chi connectivity index (χ1) is 12.6. The number of ketones is 1. The lowest BCUT2D eigenvalue weighted by Crippen LogP contribution is -2.03. The zero-order valence-corrected chi connectivity index (χ0v) is 14.9. The Bertz CT molecular complexity index is 978. The van der Waals surface area contributed by atoms with E-state index < -0.39 is 0 Å². The molecule has 132 valence electrons.